The Morgan fingerprint density at radius 2 is 1.82 bits per heavy atom. The van der Waals surface area contributed by atoms with Gasteiger partial charge in [0.05, 0.1) is 11.6 Å². The maximum absolute atomic E-state index is 14.2. The highest BCUT2D eigenvalue weighted by Gasteiger charge is 2.24. The van der Waals surface area contributed by atoms with Gasteiger partial charge in [-0.25, -0.2) is 13.8 Å². The van der Waals surface area contributed by atoms with E-state index in [1.165, 1.54) is 6.92 Å². The number of nitrogens with two attached hydrogens (primary N) is 1. The summed E-state index contributed by atoms with van der Waals surface area (Å²) < 4.78 is 28.4. The van der Waals surface area contributed by atoms with Gasteiger partial charge in [-0.2, -0.15) is 0 Å². The third-order valence-electron chi connectivity index (χ3n) is 3.45. The van der Waals surface area contributed by atoms with Crippen molar-refractivity contribution in [1.29, 1.82) is 0 Å². The normalized spacial score (nSPS) is 16.1. The second kappa shape index (κ2) is 6.91. The fraction of sp³-hybridized carbons (Fsp3) is 0.429. The maximum atomic E-state index is 14.2. The van der Waals surface area contributed by atoms with Crippen LogP contribution in [0.4, 0.5) is 20.2 Å². The second-order valence-electron chi connectivity index (χ2n) is 4.99. The van der Waals surface area contributed by atoms with Crippen LogP contribution in [0.5, 0.6) is 0 Å². The van der Waals surface area contributed by atoms with Gasteiger partial charge < -0.3 is 15.5 Å². The van der Waals surface area contributed by atoms with Gasteiger partial charge in [-0.1, -0.05) is 0 Å². The summed E-state index contributed by atoms with van der Waals surface area (Å²) in [6.07, 6.45) is 0. The molecule has 1 fully saturated rings. The number of rotatable bonds is 3. The zero-order chi connectivity index (χ0) is 16.3. The Kier molecular flexibility index (Phi) is 5.18. The molecule has 0 saturated carbocycles. The lowest BCUT2D eigenvalue weighted by molar-refractivity contribution is -0.129. The molecule has 0 radical (unpaired) electrons. The summed E-state index contributed by atoms with van der Waals surface area (Å²) in [6.45, 7) is 3.10. The molecule has 5 nitrogen and oxygen atoms in total. The Labute approximate surface area is 132 Å². The fourth-order valence-corrected chi connectivity index (χ4v) is 2.42. The summed E-state index contributed by atoms with van der Waals surface area (Å²) in [6, 6.07) is 2.24. The van der Waals surface area contributed by atoms with Crippen LogP contribution < -0.4 is 10.6 Å². The lowest BCUT2D eigenvalue weighted by Gasteiger charge is -2.35. The van der Waals surface area contributed by atoms with E-state index in [-0.39, 0.29) is 29.0 Å². The van der Waals surface area contributed by atoms with Gasteiger partial charge in [0, 0.05) is 45.2 Å². The van der Waals surface area contributed by atoms with Gasteiger partial charge in [0.25, 0.3) is 0 Å². The van der Waals surface area contributed by atoms with Crippen molar-refractivity contribution < 1.29 is 13.6 Å². The van der Waals surface area contributed by atoms with Crippen molar-refractivity contribution in [3.8, 4) is 0 Å². The van der Waals surface area contributed by atoms with Crippen LogP contribution in [-0.2, 0) is 4.79 Å². The standard InChI is InChI=1S/C14H17ClF2N4O/c1-9(22)20-2-4-21(5-3-20)14-11(16)6-10(7-12(14)17)19-13(18)8-15/h6-7H,2-5,8H2,1H3,(H2,18,19). The third-order valence-corrected chi connectivity index (χ3v) is 3.73. The monoisotopic (exact) mass is 330 g/mol. The number of carbonyl (C=O) groups is 1. The minimum atomic E-state index is -0.711. The van der Waals surface area contributed by atoms with Gasteiger partial charge in [-0.15, -0.1) is 11.6 Å². The number of hydrogen-bond acceptors (Lipinski definition) is 3. The number of anilines is 1. The molecule has 120 valence electrons. The molecule has 0 aliphatic carbocycles. The number of aliphatic imine (C=N–C) groups is 1. The van der Waals surface area contributed by atoms with Crippen LogP contribution >= 0.6 is 11.6 Å². The van der Waals surface area contributed by atoms with Crippen molar-refractivity contribution in [1.82, 2.24) is 4.90 Å². The van der Waals surface area contributed by atoms with E-state index < -0.39 is 11.6 Å². The zero-order valence-electron chi connectivity index (χ0n) is 12.2. The van der Waals surface area contributed by atoms with Crippen molar-refractivity contribution in [2.75, 3.05) is 37.0 Å². The molecule has 1 heterocycles. The fourth-order valence-electron chi connectivity index (χ4n) is 2.36. The van der Waals surface area contributed by atoms with E-state index in [0.29, 0.717) is 26.2 Å². The average Bonchev–Trinajstić information content (AvgIpc) is 2.47. The molecule has 1 aromatic carbocycles. The van der Waals surface area contributed by atoms with E-state index in [1.807, 2.05) is 0 Å². The molecular formula is C14H17ClF2N4O. The number of piperazine rings is 1. The topological polar surface area (TPSA) is 61.9 Å². The number of halogens is 3. The lowest BCUT2D eigenvalue weighted by Crippen LogP contribution is -2.48. The van der Waals surface area contributed by atoms with E-state index >= 15 is 0 Å². The zero-order valence-corrected chi connectivity index (χ0v) is 12.9. The Morgan fingerprint density at radius 1 is 1.27 bits per heavy atom. The first-order chi connectivity index (χ1) is 10.4. The summed E-state index contributed by atoms with van der Waals surface area (Å²) in [7, 11) is 0. The molecule has 0 atom stereocenters. The summed E-state index contributed by atoms with van der Waals surface area (Å²) in [4.78, 5) is 18.3. The molecule has 1 aromatic rings. The first-order valence-electron chi connectivity index (χ1n) is 6.81. The molecule has 1 aliphatic heterocycles. The minimum Gasteiger partial charge on any atom is -0.386 e. The molecule has 0 unspecified atom stereocenters. The van der Waals surface area contributed by atoms with E-state index in [4.69, 9.17) is 17.3 Å². The molecule has 0 bridgehead atoms. The third kappa shape index (κ3) is 3.65. The lowest BCUT2D eigenvalue weighted by atomic mass is 10.2. The highest BCUT2D eigenvalue weighted by molar-refractivity contribution is 6.28. The summed E-state index contributed by atoms with van der Waals surface area (Å²) in [5.74, 6) is -1.39. The smallest absolute Gasteiger partial charge is 0.219 e. The number of hydrogen-bond donors (Lipinski definition) is 1. The van der Waals surface area contributed by atoms with Crippen LogP contribution in [0.1, 0.15) is 6.92 Å². The van der Waals surface area contributed by atoms with Crippen molar-refractivity contribution in [2.45, 2.75) is 6.92 Å². The van der Waals surface area contributed by atoms with Crippen molar-refractivity contribution in [2.24, 2.45) is 10.7 Å². The van der Waals surface area contributed by atoms with Crippen molar-refractivity contribution in [3.63, 3.8) is 0 Å². The quantitative estimate of drug-likeness (QED) is 0.523. The molecular weight excluding hydrogens is 314 g/mol. The molecule has 22 heavy (non-hydrogen) atoms. The number of amidine groups is 1. The first-order valence-corrected chi connectivity index (χ1v) is 7.34. The average molecular weight is 331 g/mol. The largest absolute Gasteiger partial charge is 0.386 e. The summed E-state index contributed by atoms with van der Waals surface area (Å²) in [5.41, 5.74) is 5.43. The van der Waals surface area contributed by atoms with E-state index in [1.54, 1.807) is 9.80 Å². The molecule has 8 heteroatoms. The number of amides is 1. The second-order valence-corrected chi connectivity index (χ2v) is 5.26. The predicted octanol–water partition coefficient (Wildman–Crippen LogP) is 1.86. The summed E-state index contributed by atoms with van der Waals surface area (Å²) in [5, 5.41) is 0. The highest BCUT2D eigenvalue weighted by atomic mass is 35.5. The Balaban J connectivity index is 2.21. The molecule has 0 aromatic heterocycles. The molecule has 1 amide bonds. The predicted molar refractivity (Wildman–Crippen MR) is 82.8 cm³/mol. The van der Waals surface area contributed by atoms with E-state index in [0.717, 1.165) is 12.1 Å². The SMILES string of the molecule is CC(=O)N1CCN(c2c(F)cc(N=C(N)CCl)cc2F)CC1. The van der Waals surface area contributed by atoms with Gasteiger partial charge in [0.2, 0.25) is 5.91 Å². The first kappa shape index (κ1) is 16.5. The number of nitrogens with zero attached hydrogens (tertiary/aromatic N) is 3. The van der Waals surface area contributed by atoms with Gasteiger partial charge in [0.1, 0.15) is 11.5 Å². The Hall–Kier alpha value is -1.89. The molecule has 0 spiro atoms. The minimum absolute atomic E-state index is 0.0159. The van der Waals surface area contributed by atoms with Crippen LogP contribution in [0.2, 0.25) is 0 Å². The molecule has 1 saturated heterocycles. The summed E-state index contributed by atoms with van der Waals surface area (Å²) >= 11 is 5.49. The van der Waals surface area contributed by atoms with Gasteiger partial charge >= 0.3 is 0 Å². The molecule has 2 N–H and O–H groups in total. The van der Waals surface area contributed by atoms with Crippen LogP contribution in [0.25, 0.3) is 0 Å². The van der Waals surface area contributed by atoms with Crippen LogP contribution in [0.15, 0.2) is 17.1 Å². The molecule has 1 aliphatic rings. The van der Waals surface area contributed by atoms with Gasteiger partial charge in [-0.3, -0.25) is 4.79 Å². The maximum Gasteiger partial charge on any atom is 0.219 e. The van der Waals surface area contributed by atoms with E-state index in [2.05, 4.69) is 4.99 Å². The Bertz CT molecular complexity index is 578. The van der Waals surface area contributed by atoms with Crippen LogP contribution in [0, 0.1) is 11.6 Å². The Morgan fingerprint density at radius 3 is 2.27 bits per heavy atom. The molecule has 2 rings (SSSR count). The van der Waals surface area contributed by atoms with Crippen LogP contribution in [0.3, 0.4) is 0 Å². The number of benzene rings is 1. The number of alkyl halides is 1. The van der Waals surface area contributed by atoms with Gasteiger partial charge in [0.15, 0.2) is 11.6 Å². The van der Waals surface area contributed by atoms with Crippen molar-refractivity contribution >= 4 is 34.7 Å². The van der Waals surface area contributed by atoms with Crippen LogP contribution in [-0.4, -0.2) is 48.7 Å². The van der Waals surface area contributed by atoms with E-state index in [9.17, 15) is 13.6 Å². The van der Waals surface area contributed by atoms with Crippen molar-refractivity contribution in [3.05, 3.63) is 23.8 Å². The number of carbonyl (C=O) groups excluding carboxylic acids is 1. The van der Waals surface area contributed by atoms with Gasteiger partial charge in [-0.05, 0) is 0 Å². The highest BCUT2D eigenvalue weighted by Crippen LogP contribution is 2.29.